The van der Waals surface area contributed by atoms with Gasteiger partial charge in [0.15, 0.2) is 5.17 Å². The zero-order valence-corrected chi connectivity index (χ0v) is 16.7. The molecular formula is C20H20N4O4S. The van der Waals surface area contributed by atoms with Gasteiger partial charge >= 0.3 is 0 Å². The third-order valence-electron chi connectivity index (χ3n) is 3.99. The Morgan fingerprint density at radius 1 is 1.21 bits per heavy atom. The summed E-state index contributed by atoms with van der Waals surface area (Å²) in [4.78, 5) is 24.3. The van der Waals surface area contributed by atoms with E-state index >= 15 is 0 Å². The van der Waals surface area contributed by atoms with Crippen molar-refractivity contribution >= 4 is 40.6 Å². The summed E-state index contributed by atoms with van der Waals surface area (Å²) in [6.07, 6.45) is 1.55. The van der Waals surface area contributed by atoms with Gasteiger partial charge < -0.3 is 20.1 Å². The Labute approximate surface area is 172 Å². The highest BCUT2D eigenvalue weighted by Crippen LogP contribution is 2.24. The maximum atomic E-state index is 12.2. The average Bonchev–Trinajstić information content (AvgIpc) is 3.07. The lowest BCUT2D eigenvalue weighted by Gasteiger charge is -2.07. The van der Waals surface area contributed by atoms with Gasteiger partial charge in [-0.2, -0.15) is 5.10 Å². The van der Waals surface area contributed by atoms with Gasteiger partial charge in [0.1, 0.15) is 16.7 Å². The Hall–Kier alpha value is -3.33. The number of methoxy groups -OCH3 is 2. The van der Waals surface area contributed by atoms with Crippen molar-refractivity contribution in [3.63, 3.8) is 0 Å². The number of amidine groups is 1. The lowest BCUT2D eigenvalue weighted by molar-refractivity contribution is -0.122. The summed E-state index contributed by atoms with van der Waals surface area (Å²) >= 11 is 1.17. The zero-order chi connectivity index (χ0) is 20.6. The molecule has 0 aromatic heterocycles. The number of anilines is 1. The molecule has 150 valence electrons. The second-order valence-electron chi connectivity index (χ2n) is 5.97. The van der Waals surface area contributed by atoms with Crippen molar-refractivity contribution in [1.29, 1.82) is 0 Å². The van der Waals surface area contributed by atoms with Crippen molar-refractivity contribution in [2.75, 3.05) is 19.5 Å². The number of hydrogen-bond acceptors (Lipinski definition) is 7. The lowest BCUT2D eigenvalue weighted by atomic mass is 10.2. The maximum absolute atomic E-state index is 12.2. The van der Waals surface area contributed by atoms with Crippen LogP contribution in [0.2, 0.25) is 0 Å². The molecular weight excluding hydrogens is 392 g/mol. The van der Waals surface area contributed by atoms with E-state index in [0.29, 0.717) is 27.9 Å². The Morgan fingerprint density at radius 2 is 2.00 bits per heavy atom. The molecule has 0 saturated carbocycles. The fourth-order valence-corrected chi connectivity index (χ4v) is 3.50. The van der Waals surface area contributed by atoms with Crippen LogP contribution in [0.3, 0.4) is 0 Å². The number of para-hydroxylation sites is 1. The molecule has 9 heteroatoms. The van der Waals surface area contributed by atoms with Crippen molar-refractivity contribution < 1.29 is 19.1 Å². The van der Waals surface area contributed by atoms with Crippen molar-refractivity contribution in [3.05, 3.63) is 54.1 Å². The van der Waals surface area contributed by atoms with Crippen LogP contribution in [0, 0.1) is 0 Å². The number of hydrogen-bond donors (Lipinski definition) is 2. The van der Waals surface area contributed by atoms with E-state index in [1.54, 1.807) is 44.6 Å². The molecule has 3 rings (SSSR count). The second kappa shape index (κ2) is 9.74. The Kier molecular flexibility index (Phi) is 6.85. The first-order valence-corrected chi connectivity index (χ1v) is 9.62. The zero-order valence-electron chi connectivity index (χ0n) is 15.9. The summed E-state index contributed by atoms with van der Waals surface area (Å²) in [5.74, 6) is 0.766. The van der Waals surface area contributed by atoms with Gasteiger partial charge in [-0.15, -0.1) is 5.10 Å². The number of ether oxygens (including phenoxy) is 2. The summed E-state index contributed by atoms with van der Waals surface area (Å²) in [6.45, 7) is 0. The minimum atomic E-state index is -0.556. The standard InChI is InChI=1S/C20H20N4O4S/c1-27-15-8-9-16(28-2)13(10-15)12-21-24-20-23-19(26)17(29-20)11-18(25)22-14-6-4-3-5-7-14/h3-10,12,17H,11H2,1-2H3,(H,22,25)(H,23,24,26). The largest absolute Gasteiger partial charge is 0.497 e. The minimum Gasteiger partial charge on any atom is -0.497 e. The van der Waals surface area contributed by atoms with Crippen molar-refractivity contribution in [2.45, 2.75) is 11.7 Å². The van der Waals surface area contributed by atoms with Crippen LogP contribution in [-0.4, -0.2) is 42.7 Å². The summed E-state index contributed by atoms with van der Waals surface area (Å²) < 4.78 is 10.5. The van der Waals surface area contributed by atoms with E-state index in [4.69, 9.17) is 9.47 Å². The molecule has 1 aliphatic heterocycles. The molecule has 1 heterocycles. The maximum Gasteiger partial charge on any atom is 0.240 e. The predicted molar refractivity (Wildman–Crippen MR) is 114 cm³/mol. The van der Waals surface area contributed by atoms with Crippen LogP contribution in [-0.2, 0) is 9.59 Å². The highest BCUT2D eigenvalue weighted by molar-refractivity contribution is 8.15. The van der Waals surface area contributed by atoms with E-state index < -0.39 is 5.25 Å². The summed E-state index contributed by atoms with van der Waals surface area (Å²) in [5.41, 5.74) is 1.37. The van der Waals surface area contributed by atoms with E-state index in [2.05, 4.69) is 20.8 Å². The van der Waals surface area contributed by atoms with E-state index in [-0.39, 0.29) is 18.2 Å². The van der Waals surface area contributed by atoms with E-state index in [0.717, 1.165) is 0 Å². The number of rotatable bonds is 7. The van der Waals surface area contributed by atoms with Crippen LogP contribution in [0.25, 0.3) is 0 Å². The summed E-state index contributed by atoms with van der Waals surface area (Å²) in [5, 5.41) is 13.2. The molecule has 1 unspecified atom stereocenters. The van der Waals surface area contributed by atoms with Gasteiger partial charge in [-0.1, -0.05) is 30.0 Å². The van der Waals surface area contributed by atoms with Gasteiger partial charge in [0, 0.05) is 17.7 Å². The fraction of sp³-hybridized carbons (Fsp3) is 0.200. The fourth-order valence-electron chi connectivity index (χ4n) is 2.57. The second-order valence-corrected chi connectivity index (χ2v) is 7.16. The molecule has 1 atom stereocenters. The molecule has 2 aromatic carbocycles. The lowest BCUT2D eigenvalue weighted by Crippen LogP contribution is -2.28. The third kappa shape index (κ3) is 5.58. The molecule has 0 aliphatic carbocycles. The molecule has 0 bridgehead atoms. The number of amides is 2. The molecule has 0 radical (unpaired) electrons. The van der Waals surface area contributed by atoms with Gasteiger partial charge in [0.2, 0.25) is 11.8 Å². The van der Waals surface area contributed by atoms with E-state index in [9.17, 15) is 9.59 Å². The first kappa shape index (κ1) is 20.4. The molecule has 29 heavy (non-hydrogen) atoms. The van der Waals surface area contributed by atoms with Crippen LogP contribution in [0.5, 0.6) is 11.5 Å². The summed E-state index contributed by atoms with van der Waals surface area (Å²) in [6, 6.07) is 14.4. The Bertz CT molecular complexity index is 947. The third-order valence-corrected chi connectivity index (χ3v) is 5.06. The number of carbonyl (C=O) groups excluding carboxylic acids is 2. The Balaban J connectivity index is 1.60. The first-order valence-electron chi connectivity index (χ1n) is 8.74. The normalized spacial score (nSPS) is 17.4. The highest BCUT2D eigenvalue weighted by Gasteiger charge is 2.32. The number of benzene rings is 2. The van der Waals surface area contributed by atoms with Gasteiger partial charge in [-0.05, 0) is 30.3 Å². The van der Waals surface area contributed by atoms with Crippen LogP contribution in [0.4, 0.5) is 5.69 Å². The number of nitrogens with one attached hydrogen (secondary N) is 2. The highest BCUT2D eigenvalue weighted by atomic mass is 32.2. The van der Waals surface area contributed by atoms with Gasteiger partial charge in [-0.25, -0.2) is 0 Å². The molecule has 0 spiro atoms. The predicted octanol–water partition coefficient (Wildman–Crippen LogP) is 2.65. The minimum absolute atomic E-state index is 0.0395. The molecule has 8 nitrogen and oxygen atoms in total. The summed E-state index contributed by atoms with van der Waals surface area (Å²) in [7, 11) is 3.13. The molecule has 2 aromatic rings. The quantitative estimate of drug-likeness (QED) is 0.538. The van der Waals surface area contributed by atoms with Crippen LogP contribution in [0.15, 0.2) is 58.7 Å². The van der Waals surface area contributed by atoms with Crippen molar-refractivity contribution in [1.82, 2.24) is 5.32 Å². The van der Waals surface area contributed by atoms with E-state index in [1.165, 1.54) is 18.0 Å². The average molecular weight is 412 g/mol. The Morgan fingerprint density at radius 3 is 2.72 bits per heavy atom. The SMILES string of the molecule is COc1ccc(OC)c(C=N/N=C2/NC(=O)C(CC(=O)Nc3ccccc3)S2)c1. The first-order chi connectivity index (χ1) is 14.1. The monoisotopic (exact) mass is 412 g/mol. The van der Waals surface area contributed by atoms with Crippen LogP contribution < -0.4 is 20.1 Å². The van der Waals surface area contributed by atoms with E-state index in [1.807, 2.05) is 18.2 Å². The molecule has 2 N–H and O–H groups in total. The number of nitrogens with zero attached hydrogens (tertiary/aromatic N) is 2. The van der Waals surface area contributed by atoms with Crippen molar-refractivity contribution in [3.8, 4) is 11.5 Å². The topological polar surface area (TPSA) is 101 Å². The van der Waals surface area contributed by atoms with Gasteiger partial charge in [-0.3, -0.25) is 9.59 Å². The van der Waals surface area contributed by atoms with Crippen LogP contribution >= 0.6 is 11.8 Å². The molecule has 1 aliphatic rings. The van der Waals surface area contributed by atoms with Gasteiger partial charge in [0.05, 0.1) is 20.4 Å². The smallest absolute Gasteiger partial charge is 0.240 e. The van der Waals surface area contributed by atoms with Crippen molar-refractivity contribution in [2.24, 2.45) is 10.2 Å². The number of carbonyl (C=O) groups is 2. The molecule has 1 saturated heterocycles. The van der Waals surface area contributed by atoms with Gasteiger partial charge in [0.25, 0.3) is 0 Å². The molecule has 2 amide bonds. The van der Waals surface area contributed by atoms with Crippen LogP contribution in [0.1, 0.15) is 12.0 Å². The molecule has 1 fully saturated rings. The number of thioether (sulfide) groups is 1.